The van der Waals surface area contributed by atoms with Crippen LogP contribution in [-0.2, 0) is 4.79 Å². The van der Waals surface area contributed by atoms with Crippen LogP contribution in [-0.4, -0.2) is 20.9 Å². The van der Waals surface area contributed by atoms with Crippen molar-refractivity contribution in [3.05, 3.63) is 66.1 Å². The second-order valence-corrected chi connectivity index (χ2v) is 7.63. The molecule has 0 spiro atoms. The number of carbonyl (C=O) groups is 1. The van der Waals surface area contributed by atoms with Gasteiger partial charge in [0.2, 0.25) is 5.91 Å². The molecule has 5 nitrogen and oxygen atoms in total. The number of hydrogen-bond donors (Lipinski definition) is 2. The molecule has 0 aliphatic rings. The summed E-state index contributed by atoms with van der Waals surface area (Å²) in [4.78, 5) is 23.5. The summed E-state index contributed by atoms with van der Waals surface area (Å²) in [5.74, 6) is 0.796. The Morgan fingerprint density at radius 1 is 1.00 bits per heavy atom. The molecule has 1 amide bonds. The molecular weight excluding hydrogens is 360 g/mol. The van der Waals surface area contributed by atoms with Gasteiger partial charge in [-0.3, -0.25) is 9.78 Å². The Morgan fingerprint density at radius 2 is 1.79 bits per heavy atom. The predicted molar refractivity (Wildman–Crippen MR) is 118 cm³/mol. The van der Waals surface area contributed by atoms with Crippen LogP contribution in [0.15, 0.2) is 54.9 Å². The molecule has 146 valence electrons. The van der Waals surface area contributed by atoms with E-state index in [0.717, 1.165) is 33.6 Å². The van der Waals surface area contributed by atoms with Gasteiger partial charge in [-0.25, -0.2) is 4.98 Å². The first-order valence-corrected chi connectivity index (χ1v) is 9.75. The number of aromatic nitrogens is 3. The number of fused-ring (bicyclic) bond motifs is 1. The van der Waals surface area contributed by atoms with E-state index in [0.29, 0.717) is 11.7 Å². The quantitative estimate of drug-likeness (QED) is 0.475. The van der Waals surface area contributed by atoms with E-state index in [1.807, 2.05) is 25.3 Å². The van der Waals surface area contributed by atoms with Gasteiger partial charge in [0, 0.05) is 47.0 Å². The number of carbonyl (C=O) groups excluding carboxylic acids is 1. The van der Waals surface area contributed by atoms with Crippen LogP contribution in [0.1, 0.15) is 37.9 Å². The van der Waals surface area contributed by atoms with Crippen molar-refractivity contribution in [3.63, 3.8) is 0 Å². The number of pyridine rings is 2. The van der Waals surface area contributed by atoms with Crippen molar-refractivity contribution in [1.82, 2.24) is 15.0 Å². The van der Waals surface area contributed by atoms with Crippen molar-refractivity contribution in [1.29, 1.82) is 0 Å². The van der Waals surface area contributed by atoms with Crippen LogP contribution in [0.3, 0.4) is 0 Å². The highest BCUT2D eigenvalue weighted by Crippen LogP contribution is 2.37. The summed E-state index contributed by atoms with van der Waals surface area (Å²) in [5.41, 5.74) is 7.83. The lowest BCUT2D eigenvalue weighted by Crippen LogP contribution is -2.06. The number of benzene rings is 1. The van der Waals surface area contributed by atoms with E-state index in [9.17, 15) is 4.79 Å². The smallest absolute Gasteiger partial charge is 0.222 e. The third kappa shape index (κ3) is 3.76. The fourth-order valence-corrected chi connectivity index (χ4v) is 3.74. The zero-order valence-corrected chi connectivity index (χ0v) is 17.1. The summed E-state index contributed by atoms with van der Waals surface area (Å²) in [7, 11) is 0. The number of H-pyrrole nitrogens is 1. The molecule has 0 atom stereocenters. The average molecular weight is 384 g/mol. The van der Waals surface area contributed by atoms with Crippen molar-refractivity contribution < 1.29 is 4.79 Å². The van der Waals surface area contributed by atoms with Gasteiger partial charge in [0.05, 0.1) is 5.69 Å². The summed E-state index contributed by atoms with van der Waals surface area (Å²) in [6, 6.07) is 14.4. The lowest BCUT2D eigenvalue weighted by atomic mass is 9.94. The predicted octanol–water partition coefficient (Wildman–Crippen LogP) is 5.68. The minimum absolute atomic E-state index is 0.126. The molecule has 4 aromatic rings. The highest BCUT2D eigenvalue weighted by atomic mass is 16.1. The molecule has 5 heteroatoms. The Labute approximate surface area is 170 Å². The van der Waals surface area contributed by atoms with E-state index in [1.165, 1.54) is 17.9 Å². The van der Waals surface area contributed by atoms with Crippen molar-refractivity contribution in [3.8, 4) is 22.4 Å². The molecule has 0 radical (unpaired) electrons. The molecule has 0 bridgehead atoms. The first-order valence-electron chi connectivity index (χ1n) is 9.75. The van der Waals surface area contributed by atoms with E-state index in [-0.39, 0.29) is 5.91 Å². The van der Waals surface area contributed by atoms with Gasteiger partial charge >= 0.3 is 0 Å². The van der Waals surface area contributed by atoms with Gasteiger partial charge in [0.25, 0.3) is 0 Å². The topological polar surface area (TPSA) is 70.7 Å². The van der Waals surface area contributed by atoms with Gasteiger partial charge < -0.3 is 10.3 Å². The molecule has 0 aliphatic heterocycles. The minimum atomic E-state index is -0.126. The molecule has 3 heterocycles. The van der Waals surface area contributed by atoms with E-state index in [1.54, 1.807) is 6.20 Å². The van der Waals surface area contributed by atoms with Crippen molar-refractivity contribution >= 4 is 22.6 Å². The van der Waals surface area contributed by atoms with Crippen LogP contribution in [0.5, 0.6) is 0 Å². The second kappa shape index (κ2) is 7.51. The normalized spacial score (nSPS) is 11.2. The van der Waals surface area contributed by atoms with E-state index >= 15 is 0 Å². The molecule has 2 N–H and O–H groups in total. The minimum Gasteiger partial charge on any atom is -0.354 e. The highest BCUT2D eigenvalue weighted by Gasteiger charge is 2.17. The molecule has 29 heavy (non-hydrogen) atoms. The van der Waals surface area contributed by atoms with E-state index < -0.39 is 0 Å². The molecule has 4 rings (SSSR count). The van der Waals surface area contributed by atoms with E-state index in [2.05, 4.69) is 64.4 Å². The maximum atomic E-state index is 11.2. The fraction of sp³-hybridized carbons (Fsp3) is 0.208. The Bertz CT molecular complexity index is 1190. The zero-order valence-electron chi connectivity index (χ0n) is 17.1. The monoisotopic (exact) mass is 384 g/mol. The lowest BCUT2D eigenvalue weighted by molar-refractivity contribution is -0.114. The largest absolute Gasteiger partial charge is 0.354 e. The maximum absolute atomic E-state index is 11.2. The second-order valence-electron chi connectivity index (χ2n) is 7.63. The molecule has 0 saturated heterocycles. The van der Waals surface area contributed by atoms with Crippen molar-refractivity contribution in [2.45, 2.75) is 33.6 Å². The summed E-state index contributed by atoms with van der Waals surface area (Å²) < 4.78 is 0. The van der Waals surface area contributed by atoms with Gasteiger partial charge in [-0.15, -0.1) is 0 Å². The molecule has 0 fully saturated rings. The molecule has 1 aromatic carbocycles. The van der Waals surface area contributed by atoms with Crippen LogP contribution in [0, 0.1) is 6.92 Å². The standard InChI is InChI=1S/C24H24N4O/c1-14(2)23-20-12-17(19-6-8-22(26-13-19)27-16(4)29)5-7-21(20)28-24(23)18-9-10-25-15(3)11-18/h5-14,28H,1-4H3,(H,26,27,29). The molecule has 0 aliphatic carbocycles. The number of nitrogens with zero attached hydrogens (tertiary/aromatic N) is 2. The number of aromatic amines is 1. The van der Waals surface area contributed by atoms with Gasteiger partial charge in [-0.1, -0.05) is 19.9 Å². The molecule has 0 saturated carbocycles. The molecule has 0 unspecified atom stereocenters. The summed E-state index contributed by atoms with van der Waals surface area (Å²) in [5, 5.41) is 3.92. The van der Waals surface area contributed by atoms with Crippen LogP contribution < -0.4 is 5.32 Å². The first-order chi connectivity index (χ1) is 13.9. The number of hydrogen-bond acceptors (Lipinski definition) is 3. The third-order valence-electron chi connectivity index (χ3n) is 5.00. The zero-order chi connectivity index (χ0) is 20.5. The van der Waals surface area contributed by atoms with Crippen LogP contribution >= 0.6 is 0 Å². The first kappa shape index (κ1) is 18.9. The number of rotatable bonds is 4. The maximum Gasteiger partial charge on any atom is 0.222 e. The number of nitrogens with one attached hydrogen (secondary N) is 2. The number of aryl methyl sites for hydroxylation is 1. The molecule has 3 aromatic heterocycles. The molecular formula is C24H24N4O. The Balaban J connectivity index is 1.81. The van der Waals surface area contributed by atoms with Crippen LogP contribution in [0.4, 0.5) is 5.82 Å². The van der Waals surface area contributed by atoms with Gasteiger partial charge in [0.1, 0.15) is 5.82 Å². The Hall–Kier alpha value is -3.47. The summed E-state index contributed by atoms with van der Waals surface area (Å²) in [6.07, 6.45) is 3.65. The lowest BCUT2D eigenvalue weighted by Gasteiger charge is -2.10. The van der Waals surface area contributed by atoms with Crippen molar-refractivity contribution in [2.75, 3.05) is 5.32 Å². The average Bonchev–Trinajstić information content (AvgIpc) is 3.07. The highest BCUT2D eigenvalue weighted by molar-refractivity contribution is 5.94. The summed E-state index contributed by atoms with van der Waals surface area (Å²) >= 11 is 0. The van der Waals surface area contributed by atoms with Gasteiger partial charge in [-0.2, -0.15) is 0 Å². The van der Waals surface area contributed by atoms with Gasteiger partial charge in [0.15, 0.2) is 0 Å². The van der Waals surface area contributed by atoms with Crippen molar-refractivity contribution in [2.24, 2.45) is 0 Å². The summed E-state index contributed by atoms with van der Waals surface area (Å²) in [6.45, 7) is 7.93. The van der Waals surface area contributed by atoms with Crippen LogP contribution in [0.2, 0.25) is 0 Å². The van der Waals surface area contributed by atoms with Gasteiger partial charge in [-0.05, 0) is 60.4 Å². The third-order valence-corrected chi connectivity index (χ3v) is 5.00. The number of amides is 1. The number of anilines is 1. The Kier molecular flexibility index (Phi) is 4.89. The fourth-order valence-electron chi connectivity index (χ4n) is 3.74. The van der Waals surface area contributed by atoms with Crippen LogP contribution in [0.25, 0.3) is 33.3 Å². The SMILES string of the molecule is CC(=O)Nc1ccc(-c2ccc3[nH]c(-c4ccnc(C)c4)c(C(C)C)c3c2)cn1. The van der Waals surface area contributed by atoms with E-state index in [4.69, 9.17) is 0 Å². The Morgan fingerprint density at radius 3 is 2.45 bits per heavy atom.